The van der Waals surface area contributed by atoms with Gasteiger partial charge in [-0.1, -0.05) is 42.5 Å². The Morgan fingerprint density at radius 1 is 1.23 bits per heavy atom. The molecule has 4 heteroatoms. The Bertz CT molecular complexity index is 758. The molecule has 0 radical (unpaired) electrons. The van der Waals surface area contributed by atoms with E-state index in [1.54, 1.807) is 6.08 Å². The van der Waals surface area contributed by atoms with Crippen molar-refractivity contribution in [3.8, 4) is 0 Å². The quantitative estimate of drug-likeness (QED) is 0.834. The first kappa shape index (κ1) is 18.2. The van der Waals surface area contributed by atoms with Crippen molar-refractivity contribution in [1.29, 1.82) is 0 Å². The zero-order valence-electron chi connectivity index (χ0n) is 15.4. The van der Waals surface area contributed by atoms with Crippen LogP contribution in [0.2, 0.25) is 0 Å². The minimum absolute atomic E-state index is 0.0543. The van der Waals surface area contributed by atoms with Crippen LogP contribution >= 0.6 is 0 Å². The Kier molecular flexibility index (Phi) is 6.08. The van der Waals surface area contributed by atoms with Gasteiger partial charge in [0.2, 0.25) is 5.91 Å². The van der Waals surface area contributed by atoms with Gasteiger partial charge < -0.3 is 15.0 Å². The molecule has 3 rings (SSSR count). The molecule has 1 aliphatic rings. The lowest BCUT2D eigenvalue weighted by atomic mass is 10.1. The summed E-state index contributed by atoms with van der Waals surface area (Å²) in [4.78, 5) is 14.5. The largest absolute Gasteiger partial charge is 0.375 e. The average Bonchev–Trinajstić information content (AvgIpc) is 2.67. The first-order valence-electron chi connectivity index (χ1n) is 9.12. The number of morpholine rings is 1. The van der Waals surface area contributed by atoms with E-state index >= 15 is 0 Å². The smallest absolute Gasteiger partial charge is 0.244 e. The lowest BCUT2D eigenvalue weighted by Gasteiger charge is -2.33. The molecule has 2 unspecified atom stereocenters. The van der Waals surface area contributed by atoms with Crippen molar-refractivity contribution >= 4 is 17.7 Å². The maximum absolute atomic E-state index is 12.2. The summed E-state index contributed by atoms with van der Waals surface area (Å²) in [5, 5.41) is 3.04. The highest BCUT2D eigenvalue weighted by Crippen LogP contribution is 2.22. The number of carbonyl (C=O) groups excluding carboxylic acids is 1. The maximum atomic E-state index is 12.2. The van der Waals surface area contributed by atoms with Gasteiger partial charge in [0.05, 0.1) is 18.8 Å². The van der Waals surface area contributed by atoms with Gasteiger partial charge in [-0.2, -0.15) is 0 Å². The zero-order valence-corrected chi connectivity index (χ0v) is 15.4. The Hall–Kier alpha value is -2.59. The Labute approximate surface area is 155 Å². The molecule has 0 spiro atoms. The Morgan fingerprint density at radius 2 is 2.04 bits per heavy atom. The number of carbonyl (C=O) groups is 1. The topological polar surface area (TPSA) is 41.6 Å². The van der Waals surface area contributed by atoms with E-state index in [9.17, 15) is 4.79 Å². The highest BCUT2D eigenvalue weighted by atomic mass is 16.5. The van der Waals surface area contributed by atoms with Gasteiger partial charge in [-0.3, -0.25) is 4.79 Å². The fourth-order valence-corrected chi connectivity index (χ4v) is 3.12. The number of amides is 1. The minimum Gasteiger partial charge on any atom is -0.375 e. The first-order chi connectivity index (χ1) is 12.6. The number of anilines is 1. The van der Waals surface area contributed by atoms with Gasteiger partial charge in [0, 0.05) is 24.9 Å². The van der Waals surface area contributed by atoms with Crippen molar-refractivity contribution in [2.24, 2.45) is 0 Å². The molecule has 1 saturated heterocycles. The summed E-state index contributed by atoms with van der Waals surface area (Å²) in [5.74, 6) is -0.0910. The second kappa shape index (κ2) is 8.68. The molecule has 26 heavy (non-hydrogen) atoms. The fraction of sp³-hybridized carbons (Fsp3) is 0.318. The molecule has 1 fully saturated rings. The molecule has 0 aromatic heterocycles. The van der Waals surface area contributed by atoms with Crippen LogP contribution in [-0.2, 0) is 9.53 Å². The number of hydrogen-bond donors (Lipinski definition) is 1. The molecule has 2 atom stereocenters. The van der Waals surface area contributed by atoms with E-state index in [-0.39, 0.29) is 18.1 Å². The number of ether oxygens (including phenoxy) is 1. The van der Waals surface area contributed by atoms with Crippen molar-refractivity contribution in [3.05, 3.63) is 71.8 Å². The van der Waals surface area contributed by atoms with Crippen molar-refractivity contribution < 1.29 is 9.53 Å². The van der Waals surface area contributed by atoms with Crippen LogP contribution in [0.1, 0.15) is 31.0 Å². The van der Waals surface area contributed by atoms with E-state index in [0.717, 1.165) is 30.8 Å². The molecule has 0 bridgehead atoms. The van der Waals surface area contributed by atoms with Crippen LogP contribution in [0.4, 0.5) is 5.69 Å². The summed E-state index contributed by atoms with van der Waals surface area (Å²) in [6.45, 7) is 6.65. The van der Waals surface area contributed by atoms with Crippen LogP contribution in [0.15, 0.2) is 60.7 Å². The third-order valence-corrected chi connectivity index (χ3v) is 4.56. The molecule has 2 aromatic carbocycles. The molecule has 1 N–H and O–H groups in total. The van der Waals surface area contributed by atoms with E-state index in [4.69, 9.17) is 4.74 Å². The second-order valence-electron chi connectivity index (χ2n) is 6.70. The number of benzene rings is 2. The molecule has 1 aliphatic heterocycles. The normalized spacial score (nSPS) is 18.7. The van der Waals surface area contributed by atoms with Crippen LogP contribution in [0, 0.1) is 0 Å². The number of rotatable bonds is 5. The third-order valence-electron chi connectivity index (χ3n) is 4.56. The van der Waals surface area contributed by atoms with E-state index < -0.39 is 0 Å². The highest BCUT2D eigenvalue weighted by molar-refractivity contribution is 5.91. The average molecular weight is 350 g/mol. The third kappa shape index (κ3) is 4.96. The van der Waals surface area contributed by atoms with Crippen molar-refractivity contribution in [2.45, 2.75) is 26.0 Å². The van der Waals surface area contributed by atoms with E-state index in [1.165, 1.54) is 5.69 Å². The number of nitrogens with one attached hydrogen (secondary N) is 1. The van der Waals surface area contributed by atoms with Crippen LogP contribution in [-0.4, -0.2) is 31.7 Å². The summed E-state index contributed by atoms with van der Waals surface area (Å²) in [5.41, 5.74) is 3.29. The Balaban J connectivity index is 1.62. The van der Waals surface area contributed by atoms with E-state index in [0.29, 0.717) is 0 Å². The lowest BCUT2D eigenvalue weighted by Crippen LogP contribution is -2.41. The zero-order chi connectivity index (χ0) is 18.4. The van der Waals surface area contributed by atoms with Crippen LogP contribution in [0.25, 0.3) is 6.08 Å². The second-order valence-corrected chi connectivity index (χ2v) is 6.70. The van der Waals surface area contributed by atoms with Crippen molar-refractivity contribution in [2.75, 3.05) is 24.6 Å². The molecule has 4 nitrogen and oxygen atoms in total. The van der Waals surface area contributed by atoms with Gasteiger partial charge in [-0.05, 0) is 43.2 Å². The molecule has 0 aliphatic carbocycles. The van der Waals surface area contributed by atoms with Gasteiger partial charge in [0.25, 0.3) is 0 Å². The minimum atomic E-state index is -0.0910. The van der Waals surface area contributed by atoms with Crippen molar-refractivity contribution in [1.82, 2.24) is 5.32 Å². The highest BCUT2D eigenvalue weighted by Gasteiger charge is 2.18. The van der Waals surface area contributed by atoms with Crippen LogP contribution in [0.3, 0.4) is 0 Å². The molecule has 2 aromatic rings. The van der Waals surface area contributed by atoms with Crippen LogP contribution < -0.4 is 10.2 Å². The molecule has 1 amide bonds. The van der Waals surface area contributed by atoms with E-state index in [1.807, 2.05) is 49.4 Å². The molecule has 136 valence electrons. The summed E-state index contributed by atoms with van der Waals surface area (Å²) in [6, 6.07) is 18.1. The molecule has 1 heterocycles. The summed E-state index contributed by atoms with van der Waals surface area (Å²) in [6.07, 6.45) is 3.65. The SMILES string of the molecule is CC1CN(c2cccc(C(C)NC(=O)C=Cc3ccccc3)c2)CCO1. The monoisotopic (exact) mass is 350 g/mol. The lowest BCUT2D eigenvalue weighted by molar-refractivity contribution is -0.117. The number of nitrogens with zero attached hydrogens (tertiary/aromatic N) is 1. The number of hydrogen-bond acceptors (Lipinski definition) is 3. The predicted molar refractivity (Wildman–Crippen MR) is 106 cm³/mol. The van der Waals surface area contributed by atoms with Gasteiger partial charge >= 0.3 is 0 Å². The fourth-order valence-electron chi connectivity index (χ4n) is 3.12. The predicted octanol–water partition coefficient (Wildman–Crippen LogP) is 3.80. The van der Waals surface area contributed by atoms with Gasteiger partial charge in [-0.15, -0.1) is 0 Å². The summed E-state index contributed by atoms with van der Waals surface area (Å²) in [7, 11) is 0. The Morgan fingerprint density at radius 3 is 2.81 bits per heavy atom. The standard InChI is InChI=1S/C22H26N2O2/c1-17-16-24(13-14-26-17)21-10-6-9-20(15-21)18(2)23-22(25)12-11-19-7-4-3-5-8-19/h3-12,15,17-18H,13-14,16H2,1-2H3,(H,23,25). The molecular weight excluding hydrogens is 324 g/mol. The van der Waals surface area contributed by atoms with Crippen LogP contribution in [0.5, 0.6) is 0 Å². The van der Waals surface area contributed by atoms with Gasteiger partial charge in [0.15, 0.2) is 0 Å². The summed E-state index contributed by atoms with van der Waals surface area (Å²) < 4.78 is 5.62. The first-order valence-corrected chi connectivity index (χ1v) is 9.12. The van der Waals surface area contributed by atoms with Gasteiger partial charge in [-0.25, -0.2) is 0 Å². The van der Waals surface area contributed by atoms with Gasteiger partial charge in [0.1, 0.15) is 0 Å². The molecule has 0 saturated carbocycles. The molecular formula is C22H26N2O2. The van der Waals surface area contributed by atoms with Crippen molar-refractivity contribution in [3.63, 3.8) is 0 Å². The summed E-state index contributed by atoms with van der Waals surface area (Å²) >= 11 is 0. The van der Waals surface area contributed by atoms with E-state index in [2.05, 4.69) is 35.3 Å². The maximum Gasteiger partial charge on any atom is 0.244 e.